The van der Waals surface area contributed by atoms with Gasteiger partial charge >= 0.3 is 0 Å². The van der Waals surface area contributed by atoms with Crippen LogP contribution in [0.4, 0.5) is 5.69 Å². The van der Waals surface area contributed by atoms with E-state index >= 15 is 0 Å². The summed E-state index contributed by atoms with van der Waals surface area (Å²) in [4.78, 5) is 16.2. The molecular weight excluding hydrogens is 274 g/mol. The summed E-state index contributed by atoms with van der Waals surface area (Å²) >= 11 is 0. The summed E-state index contributed by atoms with van der Waals surface area (Å²) in [5.41, 5.74) is 4.68. The minimum absolute atomic E-state index is 0.0607. The number of carbonyl (C=O) groups excluding carboxylic acids is 1. The lowest BCUT2D eigenvalue weighted by molar-refractivity contribution is -0.112. The number of amides is 1. The van der Waals surface area contributed by atoms with Crippen molar-refractivity contribution in [3.63, 3.8) is 0 Å². The second-order valence-electron chi connectivity index (χ2n) is 5.18. The fraction of sp³-hybridized carbons (Fsp3) is 0.167. The molecule has 0 bridgehead atoms. The molecule has 0 atom stereocenters. The quantitative estimate of drug-likeness (QED) is 0.694. The lowest BCUT2D eigenvalue weighted by atomic mass is 10.0. The van der Waals surface area contributed by atoms with Gasteiger partial charge < -0.3 is 5.32 Å². The molecule has 1 N–H and O–H groups in total. The molecule has 110 valence electrons. The molecule has 0 fully saturated rings. The number of aromatic nitrogens is 1. The molecule has 1 aromatic heterocycles. The second-order valence-corrected chi connectivity index (χ2v) is 5.18. The number of hydrogen-bond acceptors (Lipinski definition) is 3. The van der Waals surface area contributed by atoms with Crippen LogP contribution < -0.4 is 5.32 Å². The molecule has 0 saturated carbocycles. The van der Waals surface area contributed by atoms with Gasteiger partial charge in [-0.15, -0.1) is 0 Å². The molecule has 22 heavy (non-hydrogen) atoms. The van der Waals surface area contributed by atoms with E-state index in [9.17, 15) is 10.1 Å². The van der Waals surface area contributed by atoms with Gasteiger partial charge in [-0.05, 0) is 55.7 Å². The fourth-order valence-electron chi connectivity index (χ4n) is 2.33. The van der Waals surface area contributed by atoms with Crippen LogP contribution in [0.5, 0.6) is 0 Å². The van der Waals surface area contributed by atoms with Gasteiger partial charge in [-0.3, -0.25) is 9.78 Å². The highest BCUT2D eigenvalue weighted by Crippen LogP contribution is 2.22. The van der Waals surface area contributed by atoms with Crippen molar-refractivity contribution in [3.05, 3.63) is 64.5 Å². The highest BCUT2D eigenvalue weighted by atomic mass is 16.1. The first-order valence-electron chi connectivity index (χ1n) is 6.92. The third-order valence-corrected chi connectivity index (χ3v) is 3.30. The Balaban J connectivity index is 2.28. The number of nitrogens with zero attached hydrogens (tertiary/aromatic N) is 2. The van der Waals surface area contributed by atoms with Crippen LogP contribution in [0.3, 0.4) is 0 Å². The van der Waals surface area contributed by atoms with Crippen molar-refractivity contribution in [1.82, 2.24) is 4.98 Å². The van der Waals surface area contributed by atoms with Crippen molar-refractivity contribution in [2.75, 3.05) is 5.32 Å². The van der Waals surface area contributed by atoms with Gasteiger partial charge in [-0.25, -0.2) is 0 Å². The number of pyridine rings is 1. The van der Waals surface area contributed by atoms with Crippen LogP contribution in [-0.4, -0.2) is 10.9 Å². The van der Waals surface area contributed by atoms with Gasteiger partial charge in [0.25, 0.3) is 5.91 Å². The van der Waals surface area contributed by atoms with Crippen LogP contribution in [0, 0.1) is 32.1 Å². The minimum atomic E-state index is -0.408. The molecule has 0 aliphatic carbocycles. The predicted molar refractivity (Wildman–Crippen MR) is 87.1 cm³/mol. The minimum Gasteiger partial charge on any atom is -0.321 e. The Labute approximate surface area is 130 Å². The summed E-state index contributed by atoms with van der Waals surface area (Å²) in [7, 11) is 0. The number of nitriles is 1. The molecule has 0 aliphatic heterocycles. The van der Waals surface area contributed by atoms with E-state index in [0.717, 1.165) is 27.9 Å². The zero-order chi connectivity index (χ0) is 16.1. The van der Waals surface area contributed by atoms with Crippen molar-refractivity contribution in [2.24, 2.45) is 0 Å². The summed E-state index contributed by atoms with van der Waals surface area (Å²) in [5, 5.41) is 12.1. The Kier molecular flexibility index (Phi) is 4.70. The molecular formula is C18H17N3O. The smallest absolute Gasteiger partial charge is 0.266 e. The Morgan fingerprint density at radius 1 is 1.18 bits per heavy atom. The lowest BCUT2D eigenvalue weighted by Crippen LogP contribution is -2.15. The number of anilines is 1. The van der Waals surface area contributed by atoms with E-state index < -0.39 is 5.91 Å². The van der Waals surface area contributed by atoms with E-state index in [4.69, 9.17) is 0 Å². The van der Waals surface area contributed by atoms with Crippen LogP contribution in [-0.2, 0) is 4.79 Å². The highest BCUT2D eigenvalue weighted by Gasteiger charge is 2.12. The summed E-state index contributed by atoms with van der Waals surface area (Å²) in [6, 6.07) is 9.44. The van der Waals surface area contributed by atoms with Gasteiger partial charge in [-0.1, -0.05) is 17.7 Å². The molecule has 2 aromatic rings. The predicted octanol–water partition coefficient (Wildman–Crippen LogP) is 3.55. The topological polar surface area (TPSA) is 65.8 Å². The molecule has 4 nitrogen and oxygen atoms in total. The first kappa shape index (κ1) is 15.5. The van der Waals surface area contributed by atoms with E-state index in [1.165, 1.54) is 0 Å². The molecule has 0 unspecified atom stereocenters. The van der Waals surface area contributed by atoms with Crippen molar-refractivity contribution in [3.8, 4) is 6.07 Å². The van der Waals surface area contributed by atoms with E-state index in [-0.39, 0.29) is 5.57 Å². The fourth-order valence-corrected chi connectivity index (χ4v) is 2.33. The summed E-state index contributed by atoms with van der Waals surface area (Å²) < 4.78 is 0. The average Bonchev–Trinajstić information content (AvgIpc) is 2.49. The molecule has 0 radical (unpaired) electrons. The Morgan fingerprint density at radius 2 is 1.77 bits per heavy atom. The van der Waals surface area contributed by atoms with E-state index in [2.05, 4.69) is 10.3 Å². The maximum absolute atomic E-state index is 12.3. The largest absolute Gasteiger partial charge is 0.321 e. The maximum atomic E-state index is 12.3. The first-order valence-corrected chi connectivity index (χ1v) is 6.92. The van der Waals surface area contributed by atoms with Gasteiger partial charge in [-0.2, -0.15) is 5.26 Å². The summed E-state index contributed by atoms with van der Waals surface area (Å²) in [6.07, 6.45) is 4.79. The first-order chi connectivity index (χ1) is 10.5. The van der Waals surface area contributed by atoms with Crippen LogP contribution in [0.25, 0.3) is 6.08 Å². The highest BCUT2D eigenvalue weighted by molar-refractivity contribution is 6.10. The second kappa shape index (κ2) is 6.68. The number of rotatable bonds is 3. The van der Waals surface area contributed by atoms with Crippen molar-refractivity contribution < 1.29 is 4.79 Å². The number of aryl methyl sites for hydroxylation is 3. The number of nitrogens with one attached hydrogen (secondary N) is 1. The van der Waals surface area contributed by atoms with Crippen molar-refractivity contribution >= 4 is 17.7 Å². The monoisotopic (exact) mass is 291 g/mol. The molecule has 0 aliphatic rings. The van der Waals surface area contributed by atoms with Gasteiger partial charge in [0, 0.05) is 18.1 Å². The lowest BCUT2D eigenvalue weighted by Gasteiger charge is -2.12. The van der Waals surface area contributed by atoms with Gasteiger partial charge in [0.15, 0.2) is 0 Å². The maximum Gasteiger partial charge on any atom is 0.266 e. The van der Waals surface area contributed by atoms with E-state index in [1.54, 1.807) is 30.6 Å². The third kappa shape index (κ3) is 3.58. The summed E-state index contributed by atoms with van der Waals surface area (Å²) in [5.74, 6) is -0.408. The zero-order valence-corrected chi connectivity index (χ0v) is 12.8. The van der Waals surface area contributed by atoms with Crippen molar-refractivity contribution in [2.45, 2.75) is 20.8 Å². The average molecular weight is 291 g/mol. The van der Waals surface area contributed by atoms with Crippen LogP contribution >= 0.6 is 0 Å². The Hall–Kier alpha value is -2.93. The van der Waals surface area contributed by atoms with Gasteiger partial charge in [0.2, 0.25) is 0 Å². The molecule has 4 heteroatoms. The molecule has 1 aromatic carbocycles. The van der Waals surface area contributed by atoms with Crippen LogP contribution in [0.1, 0.15) is 22.3 Å². The number of hydrogen-bond donors (Lipinski definition) is 1. The third-order valence-electron chi connectivity index (χ3n) is 3.30. The molecule has 1 amide bonds. The van der Waals surface area contributed by atoms with Gasteiger partial charge in [0.05, 0.1) is 0 Å². The molecule has 0 saturated heterocycles. The standard InChI is InChI=1S/C18H17N3O/c1-12-8-13(2)17(14(3)9-12)21-18(22)16(11-19)10-15-4-6-20-7-5-15/h4-10H,1-3H3,(H,21,22)/b16-10+. The summed E-state index contributed by atoms with van der Waals surface area (Å²) in [6.45, 7) is 5.89. The Morgan fingerprint density at radius 3 is 2.32 bits per heavy atom. The number of benzene rings is 1. The molecule has 0 spiro atoms. The number of carbonyl (C=O) groups is 1. The van der Waals surface area contributed by atoms with Gasteiger partial charge in [0.1, 0.15) is 11.6 Å². The van der Waals surface area contributed by atoms with E-state index in [1.807, 2.05) is 39.0 Å². The SMILES string of the molecule is Cc1cc(C)c(NC(=O)/C(C#N)=C/c2ccncc2)c(C)c1. The van der Waals surface area contributed by atoms with Crippen molar-refractivity contribution in [1.29, 1.82) is 5.26 Å². The molecule has 2 rings (SSSR count). The van der Waals surface area contributed by atoms with Crippen LogP contribution in [0.15, 0.2) is 42.2 Å². The van der Waals surface area contributed by atoms with E-state index in [0.29, 0.717) is 0 Å². The van der Waals surface area contributed by atoms with Crippen LogP contribution in [0.2, 0.25) is 0 Å². The molecule has 1 heterocycles. The Bertz CT molecular complexity index is 748. The normalized spacial score (nSPS) is 10.9. The zero-order valence-electron chi connectivity index (χ0n) is 12.8.